The van der Waals surface area contributed by atoms with E-state index >= 15 is 4.39 Å². The maximum absolute atomic E-state index is 15.1. The fourth-order valence-electron chi connectivity index (χ4n) is 4.98. The lowest BCUT2D eigenvalue weighted by atomic mass is 9.85. The van der Waals surface area contributed by atoms with Gasteiger partial charge < -0.3 is 19.9 Å². The average Bonchev–Trinajstić information content (AvgIpc) is 3.09. The Bertz CT molecular complexity index is 1180. The molecule has 33 heavy (non-hydrogen) atoms. The van der Waals surface area contributed by atoms with Crippen LogP contribution in [0.4, 0.5) is 4.39 Å². The van der Waals surface area contributed by atoms with Gasteiger partial charge in [-0.1, -0.05) is 6.07 Å². The Kier molecular flexibility index (Phi) is 5.16. The molecule has 2 aromatic heterocycles. The molecule has 0 spiro atoms. The first-order valence-corrected chi connectivity index (χ1v) is 10.9. The molecule has 0 radical (unpaired) electrons. The lowest BCUT2D eigenvalue weighted by Gasteiger charge is -2.43. The minimum Gasteiger partial charge on any atom is -0.507 e. The van der Waals surface area contributed by atoms with Crippen LogP contribution in [-0.4, -0.2) is 56.0 Å². The topological polar surface area (TPSA) is 102 Å². The minimum atomic E-state index is -1.13. The zero-order chi connectivity index (χ0) is 23.2. The second-order valence-corrected chi connectivity index (χ2v) is 9.34. The van der Waals surface area contributed by atoms with Gasteiger partial charge >= 0.3 is 0 Å². The second kappa shape index (κ2) is 7.91. The third-order valence-corrected chi connectivity index (χ3v) is 6.73. The lowest BCUT2D eigenvalue weighted by Crippen LogP contribution is -2.63. The fourth-order valence-corrected chi connectivity index (χ4v) is 4.98. The van der Waals surface area contributed by atoms with Crippen molar-refractivity contribution >= 4 is 0 Å². The van der Waals surface area contributed by atoms with Crippen LogP contribution < -0.4 is 14.8 Å². The first-order chi connectivity index (χ1) is 15.8. The smallest absolute Gasteiger partial charge is 0.233 e. The largest absolute Gasteiger partial charge is 0.507 e. The van der Waals surface area contributed by atoms with Gasteiger partial charge in [0, 0.05) is 35.2 Å². The van der Waals surface area contributed by atoms with Crippen molar-refractivity contribution in [2.24, 2.45) is 0 Å². The zero-order valence-electron chi connectivity index (χ0n) is 18.7. The van der Waals surface area contributed by atoms with Gasteiger partial charge in [-0.15, -0.1) is 15.3 Å². The number of phenolic OH excluding ortho intramolecular Hbond substituents is 1. The SMILES string of the molecule is COc1cc(-c2ccc(-c3ccc(O[C@H]4C[C@]5(C)CC[C@@](C)(N5)[C@H]4F)nn3)c(O)c2)cnn1. The number of hydrogen-bond donors (Lipinski definition) is 2. The highest BCUT2D eigenvalue weighted by atomic mass is 19.1. The molecule has 3 aromatic rings. The molecule has 2 saturated heterocycles. The number of alkyl halides is 1. The average molecular weight is 452 g/mol. The van der Waals surface area contributed by atoms with Crippen molar-refractivity contribution in [3.8, 4) is 39.9 Å². The second-order valence-electron chi connectivity index (χ2n) is 9.34. The molecule has 9 heteroatoms. The Morgan fingerprint density at radius 1 is 1.03 bits per heavy atom. The van der Waals surface area contributed by atoms with Crippen LogP contribution in [0.1, 0.15) is 33.1 Å². The van der Waals surface area contributed by atoms with Gasteiger partial charge in [-0.2, -0.15) is 5.10 Å². The van der Waals surface area contributed by atoms with Gasteiger partial charge in [0.2, 0.25) is 11.8 Å². The normalized spacial score (nSPS) is 28.5. The molecule has 0 saturated carbocycles. The number of nitrogens with zero attached hydrogens (tertiary/aromatic N) is 4. The fraction of sp³-hybridized carbons (Fsp3) is 0.417. The highest BCUT2D eigenvalue weighted by molar-refractivity contribution is 5.74. The number of aromatic nitrogens is 4. The number of methoxy groups -OCH3 is 1. The van der Waals surface area contributed by atoms with Crippen molar-refractivity contribution in [1.29, 1.82) is 0 Å². The predicted octanol–water partition coefficient (Wildman–Crippen LogP) is 3.70. The summed E-state index contributed by atoms with van der Waals surface area (Å²) in [6, 6.07) is 10.3. The summed E-state index contributed by atoms with van der Waals surface area (Å²) >= 11 is 0. The van der Waals surface area contributed by atoms with Crippen molar-refractivity contribution in [2.45, 2.75) is 56.5 Å². The van der Waals surface area contributed by atoms with Crippen molar-refractivity contribution < 1.29 is 19.0 Å². The standard InChI is InChI=1S/C24H26FN5O3/c1-23-8-9-24(2,30-23)22(25)19(12-23)33-20-7-6-17(27-29-20)16-5-4-14(10-18(16)31)15-11-21(32-3)28-26-13-15/h4-7,10-11,13,19,22,30-31H,8-9,12H2,1-3H3/t19-,22-,23-,24+/m0/s1. The van der Waals surface area contributed by atoms with Gasteiger partial charge in [0.1, 0.15) is 11.9 Å². The van der Waals surface area contributed by atoms with E-state index in [4.69, 9.17) is 9.47 Å². The Labute approximate surface area is 191 Å². The highest BCUT2D eigenvalue weighted by Gasteiger charge is 2.56. The third-order valence-electron chi connectivity index (χ3n) is 6.73. The molecule has 2 N–H and O–H groups in total. The molecule has 2 fully saturated rings. The van der Waals surface area contributed by atoms with E-state index in [9.17, 15) is 5.11 Å². The molecule has 4 heterocycles. The van der Waals surface area contributed by atoms with E-state index in [-0.39, 0.29) is 17.2 Å². The number of ether oxygens (including phenoxy) is 2. The molecular formula is C24H26FN5O3. The van der Waals surface area contributed by atoms with Crippen LogP contribution in [0.25, 0.3) is 22.4 Å². The van der Waals surface area contributed by atoms with E-state index in [1.165, 1.54) is 7.11 Å². The molecule has 1 aromatic carbocycles. The summed E-state index contributed by atoms with van der Waals surface area (Å²) < 4.78 is 26.1. The number of benzene rings is 1. The summed E-state index contributed by atoms with van der Waals surface area (Å²) in [6.07, 6.45) is 2.16. The van der Waals surface area contributed by atoms with Crippen LogP contribution in [0.2, 0.25) is 0 Å². The molecule has 0 aliphatic carbocycles. The molecule has 2 aliphatic heterocycles. The summed E-state index contributed by atoms with van der Waals surface area (Å²) in [4.78, 5) is 0. The van der Waals surface area contributed by atoms with Gasteiger partial charge in [-0.05, 0) is 50.5 Å². The molecule has 0 unspecified atom stereocenters. The molecule has 4 atom stereocenters. The predicted molar refractivity (Wildman–Crippen MR) is 120 cm³/mol. The number of nitrogens with one attached hydrogen (secondary N) is 1. The number of phenols is 1. The number of rotatable bonds is 5. The third kappa shape index (κ3) is 3.97. The maximum atomic E-state index is 15.1. The van der Waals surface area contributed by atoms with Crippen LogP contribution >= 0.6 is 0 Å². The number of aromatic hydroxyl groups is 1. The van der Waals surface area contributed by atoms with Crippen LogP contribution in [0.5, 0.6) is 17.5 Å². The number of fused-ring (bicyclic) bond motifs is 2. The molecule has 2 bridgehead atoms. The summed E-state index contributed by atoms with van der Waals surface area (Å²) in [7, 11) is 1.52. The van der Waals surface area contributed by atoms with Gasteiger partial charge in [-0.3, -0.25) is 0 Å². The number of piperidine rings is 1. The number of hydrogen-bond acceptors (Lipinski definition) is 8. The number of halogens is 1. The Hall–Kier alpha value is -3.33. The zero-order valence-corrected chi connectivity index (χ0v) is 18.7. The first-order valence-electron chi connectivity index (χ1n) is 10.9. The Morgan fingerprint density at radius 3 is 2.61 bits per heavy atom. The summed E-state index contributed by atoms with van der Waals surface area (Å²) in [5.41, 5.74) is 1.82. The van der Waals surface area contributed by atoms with E-state index < -0.39 is 17.8 Å². The first kappa shape index (κ1) is 21.5. The van der Waals surface area contributed by atoms with Gasteiger partial charge in [-0.25, -0.2) is 4.39 Å². The van der Waals surface area contributed by atoms with E-state index in [1.807, 2.05) is 13.0 Å². The van der Waals surface area contributed by atoms with Crippen LogP contribution in [0.3, 0.4) is 0 Å². The van der Waals surface area contributed by atoms with Crippen molar-refractivity contribution in [3.63, 3.8) is 0 Å². The van der Waals surface area contributed by atoms with Crippen LogP contribution in [0.15, 0.2) is 42.6 Å². The quantitative estimate of drug-likeness (QED) is 0.605. The lowest BCUT2D eigenvalue weighted by molar-refractivity contribution is -0.00951. The molecule has 5 rings (SSSR count). The van der Waals surface area contributed by atoms with E-state index in [0.717, 1.165) is 24.0 Å². The summed E-state index contributed by atoms with van der Waals surface area (Å²) in [6.45, 7) is 4.03. The van der Waals surface area contributed by atoms with Gasteiger partial charge in [0.25, 0.3) is 0 Å². The maximum Gasteiger partial charge on any atom is 0.233 e. The Morgan fingerprint density at radius 2 is 1.88 bits per heavy atom. The van der Waals surface area contributed by atoms with E-state index in [1.54, 1.807) is 36.5 Å². The van der Waals surface area contributed by atoms with Crippen LogP contribution in [-0.2, 0) is 0 Å². The highest BCUT2D eigenvalue weighted by Crippen LogP contribution is 2.44. The molecule has 172 valence electrons. The van der Waals surface area contributed by atoms with Crippen LogP contribution in [0, 0.1) is 0 Å². The van der Waals surface area contributed by atoms with Gasteiger partial charge in [0.05, 0.1) is 24.5 Å². The molecule has 2 aliphatic rings. The molecule has 0 amide bonds. The molecule has 8 nitrogen and oxygen atoms in total. The van der Waals surface area contributed by atoms with Gasteiger partial charge in [0.15, 0.2) is 6.17 Å². The van der Waals surface area contributed by atoms with E-state index in [0.29, 0.717) is 23.6 Å². The summed E-state index contributed by atoms with van der Waals surface area (Å²) in [5, 5.41) is 30.1. The molecular weight excluding hydrogens is 425 g/mol. The van der Waals surface area contributed by atoms with Crippen molar-refractivity contribution in [3.05, 3.63) is 42.6 Å². The summed E-state index contributed by atoms with van der Waals surface area (Å²) in [5.74, 6) is 0.703. The monoisotopic (exact) mass is 451 g/mol. The Balaban J connectivity index is 1.33. The van der Waals surface area contributed by atoms with Crippen molar-refractivity contribution in [1.82, 2.24) is 25.7 Å². The van der Waals surface area contributed by atoms with E-state index in [2.05, 4.69) is 32.6 Å². The minimum absolute atomic E-state index is 0.0471. The van der Waals surface area contributed by atoms with Crippen molar-refractivity contribution in [2.75, 3.05) is 7.11 Å².